The quantitative estimate of drug-likeness (QED) is 0.739. The number of carbonyl (C=O) groups excluding carboxylic acids is 1. The van der Waals surface area contributed by atoms with Crippen LogP contribution in [0.1, 0.15) is 24.5 Å². The summed E-state index contributed by atoms with van der Waals surface area (Å²) in [6, 6.07) is 8.01. The number of rotatable bonds is 4. The highest BCUT2D eigenvalue weighted by atomic mass is 16.3. The molecular weight excluding hydrogens is 176 g/mol. The average Bonchev–Trinajstić information content (AvgIpc) is 2.17. The van der Waals surface area contributed by atoms with E-state index in [1.54, 1.807) is 0 Å². The second-order valence-electron chi connectivity index (χ2n) is 3.90. The van der Waals surface area contributed by atoms with Crippen LogP contribution in [0.3, 0.4) is 0 Å². The molecule has 0 heterocycles. The summed E-state index contributed by atoms with van der Waals surface area (Å²) < 4.78 is 0. The number of benzene rings is 1. The summed E-state index contributed by atoms with van der Waals surface area (Å²) in [6.07, 6.45) is 1.81. The lowest BCUT2D eigenvalue weighted by atomic mass is 9.96. The van der Waals surface area contributed by atoms with Gasteiger partial charge in [0.1, 0.15) is 5.60 Å². The third-order valence-corrected chi connectivity index (χ3v) is 2.42. The lowest BCUT2D eigenvalue weighted by Gasteiger charge is -2.15. The highest BCUT2D eigenvalue weighted by Gasteiger charge is 2.18. The molecular formula is C12H16O2. The van der Waals surface area contributed by atoms with E-state index in [4.69, 9.17) is 0 Å². The van der Waals surface area contributed by atoms with Crippen molar-refractivity contribution in [2.24, 2.45) is 0 Å². The first kappa shape index (κ1) is 10.9. The molecule has 14 heavy (non-hydrogen) atoms. The van der Waals surface area contributed by atoms with E-state index in [2.05, 4.69) is 0 Å². The van der Waals surface area contributed by atoms with Gasteiger partial charge in [0.15, 0.2) is 6.29 Å². The van der Waals surface area contributed by atoms with Gasteiger partial charge in [-0.25, -0.2) is 0 Å². The minimum atomic E-state index is -1.19. The zero-order chi connectivity index (χ0) is 10.6. The van der Waals surface area contributed by atoms with Gasteiger partial charge in [-0.15, -0.1) is 0 Å². The van der Waals surface area contributed by atoms with Crippen LogP contribution in [0.5, 0.6) is 0 Å². The summed E-state index contributed by atoms with van der Waals surface area (Å²) in [5, 5.41) is 9.51. The predicted molar refractivity (Wildman–Crippen MR) is 56.2 cm³/mol. The van der Waals surface area contributed by atoms with Crippen LogP contribution in [0.4, 0.5) is 0 Å². The Kier molecular flexibility index (Phi) is 3.42. The maximum Gasteiger partial charge on any atom is 0.151 e. The highest BCUT2D eigenvalue weighted by molar-refractivity contribution is 5.61. The third-order valence-electron chi connectivity index (χ3n) is 2.42. The number of aliphatic hydroxyl groups is 1. The molecule has 1 N–H and O–H groups in total. The van der Waals surface area contributed by atoms with Gasteiger partial charge in [-0.1, -0.05) is 24.3 Å². The van der Waals surface area contributed by atoms with Crippen molar-refractivity contribution in [2.75, 3.05) is 0 Å². The van der Waals surface area contributed by atoms with Crippen LogP contribution in [-0.4, -0.2) is 17.0 Å². The molecule has 0 saturated heterocycles. The molecule has 0 bridgehead atoms. The number of aldehydes is 1. The van der Waals surface area contributed by atoms with Crippen molar-refractivity contribution in [3.8, 4) is 0 Å². The molecule has 0 aliphatic heterocycles. The van der Waals surface area contributed by atoms with E-state index >= 15 is 0 Å². The zero-order valence-electron chi connectivity index (χ0n) is 8.66. The van der Waals surface area contributed by atoms with Crippen molar-refractivity contribution in [3.63, 3.8) is 0 Å². The van der Waals surface area contributed by atoms with Crippen molar-refractivity contribution in [1.29, 1.82) is 0 Å². The topological polar surface area (TPSA) is 37.3 Å². The minimum Gasteiger partial charge on any atom is -0.383 e. The summed E-state index contributed by atoms with van der Waals surface area (Å²) in [4.78, 5) is 10.5. The van der Waals surface area contributed by atoms with Crippen LogP contribution in [0.15, 0.2) is 24.3 Å². The van der Waals surface area contributed by atoms with Crippen LogP contribution >= 0.6 is 0 Å². The summed E-state index contributed by atoms with van der Waals surface area (Å²) >= 11 is 0. The number of carbonyl (C=O) groups is 1. The molecule has 0 amide bonds. The molecule has 0 radical (unpaired) electrons. The zero-order valence-corrected chi connectivity index (χ0v) is 8.66. The Bertz CT molecular complexity index is 316. The fourth-order valence-electron chi connectivity index (χ4n) is 1.34. The smallest absolute Gasteiger partial charge is 0.151 e. The van der Waals surface area contributed by atoms with Gasteiger partial charge >= 0.3 is 0 Å². The van der Waals surface area contributed by atoms with Gasteiger partial charge in [0.25, 0.3) is 0 Å². The SMILES string of the molecule is Cc1ccccc1CCC(C)(O)C=O. The second-order valence-corrected chi connectivity index (χ2v) is 3.90. The van der Waals surface area contributed by atoms with Gasteiger partial charge in [0, 0.05) is 0 Å². The Morgan fingerprint density at radius 3 is 2.64 bits per heavy atom. The Balaban J connectivity index is 2.62. The molecule has 1 aromatic rings. The summed E-state index contributed by atoms with van der Waals surface area (Å²) in [5.74, 6) is 0. The van der Waals surface area contributed by atoms with Crippen molar-refractivity contribution in [2.45, 2.75) is 32.3 Å². The molecule has 2 nitrogen and oxygen atoms in total. The monoisotopic (exact) mass is 192 g/mol. The molecule has 2 heteroatoms. The van der Waals surface area contributed by atoms with Gasteiger partial charge in [0.05, 0.1) is 0 Å². The molecule has 1 rings (SSSR count). The molecule has 0 fully saturated rings. The average molecular weight is 192 g/mol. The molecule has 1 aromatic carbocycles. The first-order valence-corrected chi connectivity index (χ1v) is 4.78. The number of aryl methyl sites for hydroxylation is 2. The first-order chi connectivity index (χ1) is 6.55. The Morgan fingerprint density at radius 1 is 1.43 bits per heavy atom. The normalized spacial score (nSPS) is 14.8. The van der Waals surface area contributed by atoms with E-state index in [1.807, 2.05) is 31.2 Å². The van der Waals surface area contributed by atoms with E-state index in [0.29, 0.717) is 12.7 Å². The van der Waals surface area contributed by atoms with E-state index < -0.39 is 5.60 Å². The fourth-order valence-corrected chi connectivity index (χ4v) is 1.34. The van der Waals surface area contributed by atoms with E-state index in [1.165, 1.54) is 18.1 Å². The van der Waals surface area contributed by atoms with E-state index in [0.717, 1.165) is 6.42 Å². The summed E-state index contributed by atoms with van der Waals surface area (Å²) in [5.41, 5.74) is 1.20. The van der Waals surface area contributed by atoms with Crippen molar-refractivity contribution >= 4 is 6.29 Å². The van der Waals surface area contributed by atoms with Gasteiger partial charge in [-0.3, -0.25) is 0 Å². The largest absolute Gasteiger partial charge is 0.383 e. The summed E-state index contributed by atoms with van der Waals surface area (Å²) in [7, 11) is 0. The first-order valence-electron chi connectivity index (χ1n) is 4.78. The molecule has 0 aromatic heterocycles. The summed E-state index contributed by atoms with van der Waals surface area (Å²) in [6.45, 7) is 3.57. The van der Waals surface area contributed by atoms with Gasteiger partial charge in [-0.05, 0) is 37.8 Å². The van der Waals surface area contributed by atoms with Crippen LogP contribution in [0.2, 0.25) is 0 Å². The van der Waals surface area contributed by atoms with E-state index in [9.17, 15) is 9.90 Å². The fraction of sp³-hybridized carbons (Fsp3) is 0.417. The van der Waals surface area contributed by atoms with Gasteiger partial charge in [-0.2, -0.15) is 0 Å². The Morgan fingerprint density at radius 2 is 2.07 bits per heavy atom. The van der Waals surface area contributed by atoms with Crippen LogP contribution < -0.4 is 0 Å². The highest BCUT2D eigenvalue weighted by Crippen LogP contribution is 2.14. The maximum absolute atomic E-state index is 10.5. The van der Waals surface area contributed by atoms with Gasteiger partial charge < -0.3 is 9.90 Å². The lowest BCUT2D eigenvalue weighted by Crippen LogP contribution is -2.26. The Labute approximate surface area is 84.6 Å². The number of hydrogen-bond donors (Lipinski definition) is 1. The second kappa shape index (κ2) is 4.38. The third kappa shape index (κ3) is 2.96. The van der Waals surface area contributed by atoms with Crippen LogP contribution in [-0.2, 0) is 11.2 Å². The molecule has 0 aliphatic carbocycles. The molecule has 0 spiro atoms. The minimum absolute atomic E-state index is 0.474. The van der Waals surface area contributed by atoms with Crippen LogP contribution in [0, 0.1) is 6.92 Å². The van der Waals surface area contributed by atoms with Crippen molar-refractivity contribution in [1.82, 2.24) is 0 Å². The van der Waals surface area contributed by atoms with E-state index in [-0.39, 0.29) is 0 Å². The molecule has 1 unspecified atom stereocenters. The van der Waals surface area contributed by atoms with Crippen molar-refractivity contribution < 1.29 is 9.90 Å². The number of hydrogen-bond acceptors (Lipinski definition) is 2. The Hall–Kier alpha value is -1.15. The molecule has 76 valence electrons. The van der Waals surface area contributed by atoms with Gasteiger partial charge in [0.2, 0.25) is 0 Å². The standard InChI is InChI=1S/C12H16O2/c1-10-5-3-4-6-11(10)7-8-12(2,14)9-13/h3-6,9,14H,7-8H2,1-2H3. The maximum atomic E-state index is 10.5. The lowest BCUT2D eigenvalue weighted by molar-refractivity contribution is -0.122. The van der Waals surface area contributed by atoms with Crippen LogP contribution in [0.25, 0.3) is 0 Å². The predicted octanol–water partition coefficient (Wildman–Crippen LogP) is 1.88. The molecule has 0 aliphatic rings. The molecule has 0 saturated carbocycles. The van der Waals surface area contributed by atoms with Crippen molar-refractivity contribution in [3.05, 3.63) is 35.4 Å². The molecule has 1 atom stereocenters.